The maximum atomic E-state index is 12.0. The lowest BCUT2D eigenvalue weighted by Crippen LogP contribution is -2.45. The summed E-state index contributed by atoms with van der Waals surface area (Å²) in [4.78, 5) is 6.79. The van der Waals surface area contributed by atoms with E-state index in [9.17, 15) is 8.42 Å². The number of nitrogens with one attached hydrogen (secondary N) is 2. The van der Waals surface area contributed by atoms with Gasteiger partial charge in [-0.2, -0.15) is 17.4 Å². The molecule has 0 saturated carbocycles. The van der Waals surface area contributed by atoms with Gasteiger partial charge in [-0.15, -0.1) is 0 Å². The summed E-state index contributed by atoms with van der Waals surface area (Å²) in [5.74, 6) is 0.811. The Morgan fingerprint density at radius 2 is 2.22 bits per heavy atom. The fraction of sp³-hybridized carbons (Fsp3) is 0.700. The third-order valence-electron chi connectivity index (χ3n) is 3.15. The molecular weight excluding hydrogens is 256 g/mol. The molecule has 0 amide bonds. The Bertz CT molecular complexity index is 451. The van der Waals surface area contributed by atoms with E-state index in [0.29, 0.717) is 31.8 Å². The van der Waals surface area contributed by atoms with Gasteiger partial charge in [-0.05, 0) is 18.8 Å². The molecule has 3 N–H and O–H groups in total. The quantitative estimate of drug-likeness (QED) is 0.671. The van der Waals surface area contributed by atoms with Crippen LogP contribution in [0.4, 0.5) is 0 Å². The predicted octanol–water partition coefficient (Wildman–Crippen LogP) is -0.552. The van der Waals surface area contributed by atoms with Crippen LogP contribution in [0, 0.1) is 5.92 Å². The van der Waals surface area contributed by atoms with Crippen LogP contribution in [0.1, 0.15) is 18.7 Å². The molecular formula is C10H18N4O3S. The normalized spacial score (nSPS) is 19.2. The highest BCUT2D eigenvalue weighted by Crippen LogP contribution is 2.18. The standard InChI is InChI=1S/C10H18N4O3S/c15-8-9-1-5-14(6-2-9)18(16,17)13-7-10-11-3-4-12-10/h3-4,9,13,15H,1-2,5-8H2,(H,11,12). The average Bonchev–Trinajstić information content (AvgIpc) is 2.90. The van der Waals surface area contributed by atoms with E-state index in [1.54, 1.807) is 12.4 Å². The SMILES string of the molecule is O=S(=O)(NCc1ncc[nH]1)N1CCC(CO)CC1. The van der Waals surface area contributed by atoms with E-state index in [2.05, 4.69) is 14.7 Å². The van der Waals surface area contributed by atoms with Gasteiger partial charge < -0.3 is 10.1 Å². The van der Waals surface area contributed by atoms with Crippen LogP contribution in [0.15, 0.2) is 12.4 Å². The highest BCUT2D eigenvalue weighted by molar-refractivity contribution is 7.87. The number of rotatable bonds is 5. The van der Waals surface area contributed by atoms with Crippen molar-refractivity contribution in [3.05, 3.63) is 18.2 Å². The van der Waals surface area contributed by atoms with Crippen molar-refractivity contribution in [2.24, 2.45) is 5.92 Å². The Labute approximate surface area is 106 Å². The number of aliphatic hydroxyl groups excluding tert-OH is 1. The number of hydrogen-bond donors (Lipinski definition) is 3. The van der Waals surface area contributed by atoms with Crippen LogP contribution in [0.2, 0.25) is 0 Å². The molecule has 0 bridgehead atoms. The Morgan fingerprint density at radius 1 is 1.50 bits per heavy atom. The lowest BCUT2D eigenvalue weighted by molar-refractivity contribution is 0.169. The summed E-state index contributed by atoms with van der Waals surface area (Å²) in [6.45, 7) is 1.21. The summed E-state index contributed by atoms with van der Waals surface area (Å²) in [5.41, 5.74) is 0. The van der Waals surface area contributed by atoms with Crippen LogP contribution in [-0.4, -0.2) is 47.5 Å². The molecule has 1 aliphatic rings. The lowest BCUT2D eigenvalue weighted by atomic mass is 10.00. The van der Waals surface area contributed by atoms with Crippen molar-refractivity contribution >= 4 is 10.2 Å². The number of hydrogen-bond acceptors (Lipinski definition) is 4. The maximum Gasteiger partial charge on any atom is 0.279 e. The van der Waals surface area contributed by atoms with Crippen molar-refractivity contribution in [2.45, 2.75) is 19.4 Å². The number of imidazole rings is 1. The van der Waals surface area contributed by atoms with Gasteiger partial charge in [-0.1, -0.05) is 0 Å². The minimum Gasteiger partial charge on any atom is -0.396 e. The molecule has 0 atom stereocenters. The second-order valence-electron chi connectivity index (χ2n) is 4.39. The zero-order valence-corrected chi connectivity index (χ0v) is 10.9. The molecule has 2 rings (SSSR count). The average molecular weight is 274 g/mol. The first-order valence-electron chi connectivity index (χ1n) is 5.95. The third-order valence-corrected chi connectivity index (χ3v) is 4.70. The first kappa shape index (κ1) is 13.5. The summed E-state index contributed by atoms with van der Waals surface area (Å²) < 4.78 is 27.9. The number of aliphatic hydroxyl groups is 1. The fourth-order valence-corrected chi connectivity index (χ4v) is 3.17. The number of aromatic nitrogens is 2. The molecule has 7 nitrogen and oxygen atoms in total. The largest absolute Gasteiger partial charge is 0.396 e. The zero-order chi connectivity index (χ0) is 13.0. The monoisotopic (exact) mass is 274 g/mol. The number of nitrogens with zero attached hydrogens (tertiary/aromatic N) is 2. The molecule has 2 heterocycles. The van der Waals surface area contributed by atoms with Crippen molar-refractivity contribution in [3.63, 3.8) is 0 Å². The van der Waals surface area contributed by atoms with Crippen LogP contribution < -0.4 is 4.72 Å². The Balaban J connectivity index is 1.87. The van der Waals surface area contributed by atoms with Crippen molar-refractivity contribution in [1.82, 2.24) is 19.0 Å². The van der Waals surface area contributed by atoms with Gasteiger partial charge in [0.15, 0.2) is 0 Å². The highest BCUT2D eigenvalue weighted by Gasteiger charge is 2.27. The van der Waals surface area contributed by atoms with Gasteiger partial charge in [-0.3, -0.25) is 0 Å². The molecule has 102 valence electrons. The molecule has 18 heavy (non-hydrogen) atoms. The van der Waals surface area contributed by atoms with E-state index in [1.807, 2.05) is 0 Å². The molecule has 8 heteroatoms. The Kier molecular flexibility index (Phi) is 4.33. The van der Waals surface area contributed by atoms with E-state index in [1.165, 1.54) is 4.31 Å². The predicted molar refractivity (Wildman–Crippen MR) is 65.7 cm³/mol. The molecule has 0 unspecified atom stereocenters. The van der Waals surface area contributed by atoms with Gasteiger partial charge in [0.1, 0.15) is 5.82 Å². The molecule has 1 aromatic heterocycles. The molecule has 1 aliphatic heterocycles. The lowest BCUT2D eigenvalue weighted by Gasteiger charge is -2.30. The molecule has 0 spiro atoms. The Morgan fingerprint density at radius 3 is 2.78 bits per heavy atom. The van der Waals surface area contributed by atoms with Gasteiger partial charge in [0.05, 0.1) is 6.54 Å². The smallest absolute Gasteiger partial charge is 0.279 e. The third kappa shape index (κ3) is 3.29. The van der Waals surface area contributed by atoms with Crippen molar-refractivity contribution in [1.29, 1.82) is 0 Å². The first-order valence-corrected chi connectivity index (χ1v) is 7.39. The summed E-state index contributed by atoms with van der Waals surface area (Å²) in [5, 5.41) is 9.01. The summed E-state index contributed by atoms with van der Waals surface area (Å²) >= 11 is 0. The second-order valence-corrected chi connectivity index (χ2v) is 6.14. The van der Waals surface area contributed by atoms with Crippen molar-refractivity contribution in [2.75, 3.05) is 19.7 Å². The van der Waals surface area contributed by atoms with E-state index < -0.39 is 10.2 Å². The summed E-state index contributed by atoms with van der Waals surface area (Å²) in [6, 6.07) is 0. The van der Waals surface area contributed by atoms with Crippen molar-refractivity contribution in [3.8, 4) is 0 Å². The fourth-order valence-electron chi connectivity index (χ4n) is 1.98. The molecule has 0 radical (unpaired) electrons. The number of piperidine rings is 1. The minimum absolute atomic E-state index is 0.133. The summed E-state index contributed by atoms with van der Waals surface area (Å²) in [7, 11) is -3.45. The first-order chi connectivity index (χ1) is 8.62. The number of aromatic amines is 1. The molecule has 1 aromatic rings. The van der Waals surface area contributed by atoms with Crippen molar-refractivity contribution < 1.29 is 13.5 Å². The number of H-pyrrole nitrogens is 1. The van der Waals surface area contributed by atoms with Crippen LogP contribution in [-0.2, 0) is 16.8 Å². The van der Waals surface area contributed by atoms with Gasteiger partial charge in [0.2, 0.25) is 0 Å². The van der Waals surface area contributed by atoms with Gasteiger partial charge >= 0.3 is 0 Å². The van der Waals surface area contributed by atoms with Gasteiger partial charge in [0, 0.05) is 32.1 Å². The molecule has 1 saturated heterocycles. The zero-order valence-electron chi connectivity index (χ0n) is 10.0. The molecule has 1 fully saturated rings. The van der Waals surface area contributed by atoms with Crippen LogP contribution in [0.3, 0.4) is 0 Å². The van der Waals surface area contributed by atoms with E-state index in [4.69, 9.17) is 5.11 Å². The maximum absolute atomic E-state index is 12.0. The van der Waals surface area contributed by atoms with Gasteiger partial charge in [0.25, 0.3) is 10.2 Å². The van der Waals surface area contributed by atoms with E-state index in [0.717, 1.165) is 0 Å². The minimum atomic E-state index is -3.45. The molecule has 0 aromatic carbocycles. The topological polar surface area (TPSA) is 98.3 Å². The van der Waals surface area contributed by atoms with E-state index in [-0.39, 0.29) is 19.1 Å². The second kappa shape index (κ2) is 5.79. The van der Waals surface area contributed by atoms with E-state index >= 15 is 0 Å². The summed E-state index contributed by atoms with van der Waals surface area (Å²) in [6.07, 6.45) is 4.64. The van der Waals surface area contributed by atoms with Crippen LogP contribution in [0.25, 0.3) is 0 Å². The van der Waals surface area contributed by atoms with Crippen LogP contribution >= 0.6 is 0 Å². The molecule has 0 aliphatic carbocycles. The Hall–Kier alpha value is -0.960. The highest BCUT2D eigenvalue weighted by atomic mass is 32.2. The van der Waals surface area contributed by atoms with Gasteiger partial charge in [-0.25, -0.2) is 4.98 Å². The van der Waals surface area contributed by atoms with Crippen LogP contribution in [0.5, 0.6) is 0 Å².